The Morgan fingerprint density at radius 1 is 0.976 bits per heavy atom. The summed E-state index contributed by atoms with van der Waals surface area (Å²) in [4.78, 5) is 2.45. The maximum atomic E-state index is 15.0. The highest BCUT2D eigenvalue weighted by atomic mass is 19.1. The predicted octanol–water partition coefficient (Wildman–Crippen LogP) is 7.50. The SMILES string of the molecule is COc1ccc(C2CCc3cc(O)ccc3C2)c(NC(C)Cc2ccc(OCCN3CCCCCCC3)c(F)c2)c1. The van der Waals surface area contributed by atoms with Crippen LogP contribution in [0.25, 0.3) is 0 Å². The van der Waals surface area contributed by atoms with Gasteiger partial charge in [0.15, 0.2) is 11.6 Å². The van der Waals surface area contributed by atoms with Crippen LogP contribution in [0.3, 0.4) is 0 Å². The number of nitrogens with one attached hydrogen (secondary N) is 1. The largest absolute Gasteiger partial charge is 0.508 e. The number of halogens is 1. The molecule has 220 valence electrons. The zero-order valence-electron chi connectivity index (χ0n) is 24.6. The van der Waals surface area contributed by atoms with Crippen LogP contribution in [-0.2, 0) is 19.3 Å². The minimum absolute atomic E-state index is 0.0898. The van der Waals surface area contributed by atoms with Gasteiger partial charge in [-0.3, -0.25) is 4.90 Å². The maximum absolute atomic E-state index is 15.0. The van der Waals surface area contributed by atoms with E-state index in [4.69, 9.17) is 9.47 Å². The normalized spacial score (nSPS) is 18.6. The molecule has 0 aromatic heterocycles. The molecule has 3 aromatic carbocycles. The van der Waals surface area contributed by atoms with E-state index in [-0.39, 0.29) is 11.9 Å². The summed E-state index contributed by atoms with van der Waals surface area (Å²) in [6.45, 7) is 5.72. The molecule has 2 atom stereocenters. The number of aromatic hydroxyl groups is 1. The number of aryl methyl sites for hydroxylation is 1. The third kappa shape index (κ3) is 7.94. The molecule has 41 heavy (non-hydrogen) atoms. The molecule has 3 aromatic rings. The number of nitrogens with zero attached hydrogens (tertiary/aromatic N) is 1. The van der Waals surface area contributed by atoms with Crippen LogP contribution in [0.5, 0.6) is 17.2 Å². The molecular formula is C35H45FN2O3. The number of rotatable bonds is 10. The summed E-state index contributed by atoms with van der Waals surface area (Å²) in [5, 5.41) is 13.6. The van der Waals surface area contributed by atoms with Crippen LogP contribution in [0.4, 0.5) is 10.1 Å². The van der Waals surface area contributed by atoms with Gasteiger partial charge in [0.1, 0.15) is 18.1 Å². The first-order chi connectivity index (χ1) is 20.0. The number of phenols is 1. The third-order valence-electron chi connectivity index (χ3n) is 8.67. The number of benzene rings is 3. The molecule has 6 heteroatoms. The van der Waals surface area contributed by atoms with Crippen LogP contribution in [0, 0.1) is 5.82 Å². The van der Waals surface area contributed by atoms with Gasteiger partial charge in [-0.1, -0.05) is 37.5 Å². The van der Waals surface area contributed by atoms with Crippen LogP contribution in [0.2, 0.25) is 0 Å². The molecule has 1 aliphatic heterocycles. The zero-order valence-corrected chi connectivity index (χ0v) is 24.6. The number of hydrogen-bond donors (Lipinski definition) is 2. The Bertz CT molecular complexity index is 1290. The molecule has 2 aliphatic rings. The first-order valence-corrected chi connectivity index (χ1v) is 15.4. The lowest BCUT2D eigenvalue weighted by Crippen LogP contribution is -2.31. The van der Waals surface area contributed by atoms with Gasteiger partial charge in [-0.2, -0.15) is 0 Å². The molecule has 1 aliphatic carbocycles. The quantitative estimate of drug-likeness (QED) is 0.269. The van der Waals surface area contributed by atoms with Crippen molar-refractivity contribution in [2.75, 3.05) is 38.7 Å². The van der Waals surface area contributed by atoms with Gasteiger partial charge in [-0.15, -0.1) is 0 Å². The fraction of sp³-hybridized carbons (Fsp3) is 0.486. The number of likely N-dealkylation sites (tertiary alicyclic amines) is 1. The number of anilines is 1. The molecule has 0 radical (unpaired) electrons. The van der Waals surface area contributed by atoms with Gasteiger partial charge in [0, 0.05) is 24.3 Å². The number of fused-ring (bicyclic) bond motifs is 1. The molecule has 0 saturated carbocycles. The summed E-state index contributed by atoms with van der Waals surface area (Å²) in [6, 6.07) is 17.5. The van der Waals surface area contributed by atoms with E-state index in [9.17, 15) is 9.50 Å². The number of methoxy groups -OCH3 is 1. The van der Waals surface area contributed by atoms with E-state index >= 15 is 0 Å². The summed E-state index contributed by atoms with van der Waals surface area (Å²) < 4.78 is 26.4. The molecule has 2 N–H and O–H groups in total. The highest BCUT2D eigenvalue weighted by Crippen LogP contribution is 2.38. The van der Waals surface area contributed by atoms with Crippen LogP contribution >= 0.6 is 0 Å². The van der Waals surface area contributed by atoms with E-state index in [1.54, 1.807) is 25.3 Å². The average Bonchev–Trinajstić information content (AvgIpc) is 2.95. The molecule has 1 fully saturated rings. The van der Waals surface area contributed by atoms with Crippen molar-refractivity contribution < 1.29 is 19.0 Å². The maximum Gasteiger partial charge on any atom is 0.165 e. The van der Waals surface area contributed by atoms with E-state index in [0.29, 0.717) is 30.4 Å². The van der Waals surface area contributed by atoms with Gasteiger partial charge in [0.2, 0.25) is 0 Å². The number of phenolic OH excluding ortho intramolecular Hbond substituents is 1. The van der Waals surface area contributed by atoms with Crippen LogP contribution < -0.4 is 14.8 Å². The van der Waals surface area contributed by atoms with Gasteiger partial charge in [0.25, 0.3) is 0 Å². The van der Waals surface area contributed by atoms with Gasteiger partial charge in [-0.05, 0) is 117 Å². The molecule has 5 nitrogen and oxygen atoms in total. The molecule has 0 amide bonds. The second kappa shape index (κ2) is 14.1. The van der Waals surface area contributed by atoms with Gasteiger partial charge < -0.3 is 19.9 Å². The Labute approximate surface area is 244 Å². The van der Waals surface area contributed by atoms with Crippen LogP contribution in [-0.4, -0.2) is 49.4 Å². The van der Waals surface area contributed by atoms with Crippen molar-refractivity contribution in [1.29, 1.82) is 0 Å². The van der Waals surface area contributed by atoms with Crippen molar-refractivity contribution in [2.45, 2.75) is 76.7 Å². The summed E-state index contributed by atoms with van der Waals surface area (Å²) in [5.74, 6) is 1.56. The van der Waals surface area contributed by atoms with Gasteiger partial charge in [0.05, 0.1) is 7.11 Å². The predicted molar refractivity (Wildman–Crippen MR) is 164 cm³/mol. The Morgan fingerprint density at radius 2 is 1.78 bits per heavy atom. The lowest BCUT2D eigenvalue weighted by Gasteiger charge is -2.28. The molecule has 0 bridgehead atoms. The fourth-order valence-corrected chi connectivity index (χ4v) is 6.43. The molecule has 2 unspecified atom stereocenters. The van der Waals surface area contributed by atoms with Gasteiger partial charge >= 0.3 is 0 Å². The third-order valence-corrected chi connectivity index (χ3v) is 8.67. The lowest BCUT2D eigenvalue weighted by molar-refractivity contribution is 0.192. The zero-order chi connectivity index (χ0) is 28.6. The molecule has 0 spiro atoms. The van der Waals surface area contributed by atoms with Crippen LogP contribution in [0.1, 0.15) is 73.6 Å². The van der Waals surface area contributed by atoms with E-state index < -0.39 is 0 Å². The Hall–Kier alpha value is -3.25. The number of hydrogen-bond acceptors (Lipinski definition) is 5. The van der Waals surface area contributed by atoms with Crippen molar-refractivity contribution >= 4 is 5.69 Å². The first-order valence-electron chi connectivity index (χ1n) is 15.4. The Balaban J connectivity index is 1.19. The topological polar surface area (TPSA) is 54.0 Å². The van der Waals surface area contributed by atoms with Crippen molar-refractivity contribution in [3.05, 3.63) is 82.7 Å². The lowest BCUT2D eigenvalue weighted by atomic mass is 9.79. The minimum Gasteiger partial charge on any atom is -0.508 e. The van der Waals surface area contributed by atoms with E-state index in [0.717, 1.165) is 55.9 Å². The summed E-state index contributed by atoms with van der Waals surface area (Å²) in [7, 11) is 1.69. The highest BCUT2D eigenvalue weighted by Gasteiger charge is 2.23. The summed E-state index contributed by atoms with van der Waals surface area (Å²) >= 11 is 0. The second-order valence-corrected chi connectivity index (χ2v) is 11.8. The molecule has 5 rings (SSSR count). The molecule has 1 saturated heterocycles. The van der Waals surface area contributed by atoms with Crippen molar-refractivity contribution in [1.82, 2.24) is 4.90 Å². The monoisotopic (exact) mass is 560 g/mol. The molecule has 1 heterocycles. The standard InChI is InChI=1S/C35H45FN2O3/c1-25(20-26-8-15-35(33(36)21-26)41-19-18-38-16-6-4-3-5-7-17-38)37-34-24-31(40-2)13-14-32(34)29-10-9-28-23-30(39)12-11-27(28)22-29/h8,11-15,21,23-25,29,37,39H,3-7,9-10,16-20,22H2,1-2H3. The number of ether oxygens (including phenoxy) is 2. The van der Waals surface area contributed by atoms with E-state index in [2.05, 4.69) is 29.3 Å². The van der Waals surface area contributed by atoms with Crippen molar-refractivity contribution in [3.63, 3.8) is 0 Å². The van der Waals surface area contributed by atoms with E-state index in [1.807, 2.05) is 24.3 Å². The van der Waals surface area contributed by atoms with Crippen molar-refractivity contribution in [2.24, 2.45) is 0 Å². The minimum atomic E-state index is -0.295. The Kier molecular flexibility index (Phi) is 10.0. The highest BCUT2D eigenvalue weighted by molar-refractivity contribution is 5.58. The Morgan fingerprint density at radius 3 is 2.56 bits per heavy atom. The smallest absolute Gasteiger partial charge is 0.165 e. The first kappa shape index (κ1) is 29.2. The summed E-state index contributed by atoms with van der Waals surface area (Å²) in [6.07, 6.45) is 10.0. The van der Waals surface area contributed by atoms with Crippen LogP contribution in [0.15, 0.2) is 54.6 Å². The van der Waals surface area contributed by atoms with Crippen molar-refractivity contribution in [3.8, 4) is 17.2 Å². The van der Waals surface area contributed by atoms with E-state index in [1.165, 1.54) is 48.8 Å². The average molecular weight is 561 g/mol. The second-order valence-electron chi connectivity index (χ2n) is 11.8. The summed E-state index contributed by atoms with van der Waals surface area (Å²) in [5.41, 5.74) is 5.81. The van der Waals surface area contributed by atoms with Gasteiger partial charge in [-0.25, -0.2) is 4.39 Å². The fourth-order valence-electron chi connectivity index (χ4n) is 6.43. The molecular weight excluding hydrogens is 515 g/mol.